The highest BCUT2D eigenvalue weighted by molar-refractivity contribution is 6.23. The fraction of sp³-hybridized carbons (Fsp3) is 0.692. The zero-order chi connectivity index (χ0) is 12.8. The number of nitrogens with one attached hydrogen (secondary N) is 1. The number of halogens is 1. The summed E-state index contributed by atoms with van der Waals surface area (Å²) in [5.74, 6) is 1.75. The van der Waals surface area contributed by atoms with E-state index < -0.39 is 0 Å². The fourth-order valence-electron chi connectivity index (χ4n) is 3.19. The van der Waals surface area contributed by atoms with Crippen molar-refractivity contribution >= 4 is 23.5 Å². The molecule has 1 saturated heterocycles. The molecule has 0 amide bonds. The Balaban J connectivity index is 1.57. The van der Waals surface area contributed by atoms with Crippen LogP contribution in [0.3, 0.4) is 0 Å². The van der Waals surface area contributed by atoms with E-state index in [1.54, 1.807) is 0 Å². The Morgan fingerprint density at radius 2 is 2.00 bits per heavy atom. The maximum atomic E-state index is 6.30. The number of hydrogen-bond donors (Lipinski definition) is 1. The van der Waals surface area contributed by atoms with E-state index >= 15 is 0 Å². The van der Waals surface area contributed by atoms with Gasteiger partial charge in [-0.25, -0.2) is 10.0 Å². The van der Waals surface area contributed by atoms with E-state index in [4.69, 9.17) is 11.6 Å². The van der Waals surface area contributed by atoms with E-state index in [2.05, 4.69) is 25.3 Å². The second kappa shape index (κ2) is 4.40. The molecule has 0 saturated carbocycles. The van der Waals surface area contributed by atoms with Crippen LogP contribution in [0.5, 0.6) is 0 Å². The zero-order valence-electron chi connectivity index (χ0n) is 10.9. The highest BCUT2D eigenvalue weighted by Gasteiger charge is 2.34. The molecule has 0 aromatic rings. The van der Waals surface area contributed by atoms with Crippen molar-refractivity contribution in [3.05, 3.63) is 11.3 Å². The molecule has 0 bridgehead atoms. The molecule has 4 aliphatic rings. The summed E-state index contributed by atoms with van der Waals surface area (Å²) in [6.07, 6.45) is 5.92. The van der Waals surface area contributed by atoms with Gasteiger partial charge in [-0.3, -0.25) is 5.43 Å². The van der Waals surface area contributed by atoms with Gasteiger partial charge < -0.3 is 4.90 Å². The van der Waals surface area contributed by atoms with E-state index in [1.807, 2.05) is 0 Å². The van der Waals surface area contributed by atoms with Crippen molar-refractivity contribution in [2.75, 3.05) is 19.6 Å². The Morgan fingerprint density at radius 3 is 2.84 bits per heavy atom. The third-order valence-corrected chi connectivity index (χ3v) is 4.69. The number of likely N-dealkylation sites (tertiary alicyclic amines) is 1. The molecule has 0 aromatic heterocycles. The summed E-state index contributed by atoms with van der Waals surface area (Å²) in [7, 11) is 0. The van der Waals surface area contributed by atoms with E-state index in [-0.39, 0.29) is 5.38 Å². The van der Waals surface area contributed by atoms with Crippen LogP contribution >= 0.6 is 11.6 Å². The summed E-state index contributed by atoms with van der Waals surface area (Å²) in [6.45, 7) is 3.06. The molecular formula is C13H18ClN5. The van der Waals surface area contributed by atoms with Crippen LogP contribution in [-0.4, -0.2) is 46.8 Å². The molecule has 3 heterocycles. The first-order chi connectivity index (χ1) is 9.31. The number of hydrazine groups is 1. The van der Waals surface area contributed by atoms with Crippen LogP contribution in [0.4, 0.5) is 0 Å². The molecular weight excluding hydrogens is 262 g/mol. The second-order valence-corrected chi connectivity index (χ2v) is 6.11. The minimum Gasteiger partial charge on any atom is -0.341 e. The third-order valence-electron chi connectivity index (χ3n) is 4.27. The molecule has 0 spiro atoms. The number of nitrogens with zero attached hydrogens (tertiary/aromatic N) is 4. The fourth-order valence-corrected chi connectivity index (χ4v) is 3.50. The summed E-state index contributed by atoms with van der Waals surface area (Å²) in [4.78, 5) is 11.6. The van der Waals surface area contributed by atoms with Crippen LogP contribution in [0, 0.1) is 0 Å². The smallest absolute Gasteiger partial charge is 0.248 e. The number of allylic oxidation sites excluding steroid dienone is 1. The molecule has 0 aromatic carbocycles. The van der Waals surface area contributed by atoms with Crippen molar-refractivity contribution in [2.24, 2.45) is 9.98 Å². The minimum atomic E-state index is 0.0823. The molecule has 19 heavy (non-hydrogen) atoms. The van der Waals surface area contributed by atoms with Gasteiger partial charge in [-0.1, -0.05) is 0 Å². The lowest BCUT2D eigenvalue weighted by atomic mass is 10.1. The van der Waals surface area contributed by atoms with Gasteiger partial charge in [0.15, 0.2) is 0 Å². The van der Waals surface area contributed by atoms with Crippen LogP contribution in [-0.2, 0) is 0 Å². The third kappa shape index (κ3) is 1.91. The van der Waals surface area contributed by atoms with Crippen molar-refractivity contribution in [3.8, 4) is 0 Å². The van der Waals surface area contributed by atoms with Gasteiger partial charge in [0.25, 0.3) is 0 Å². The molecule has 1 aliphatic carbocycles. The van der Waals surface area contributed by atoms with E-state index in [0.29, 0.717) is 0 Å². The van der Waals surface area contributed by atoms with Crippen LogP contribution in [0.25, 0.3) is 0 Å². The average Bonchev–Trinajstić information content (AvgIpc) is 3.02. The lowest BCUT2D eigenvalue weighted by Crippen LogP contribution is -2.48. The molecule has 0 radical (unpaired) electrons. The topological polar surface area (TPSA) is 43.2 Å². The molecule has 102 valence electrons. The second-order valence-electron chi connectivity index (χ2n) is 5.59. The minimum absolute atomic E-state index is 0.0823. The van der Waals surface area contributed by atoms with Gasteiger partial charge >= 0.3 is 0 Å². The Morgan fingerprint density at radius 1 is 1.16 bits per heavy atom. The Kier molecular flexibility index (Phi) is 2.69. The van der Waals surface area contributed by atoms with Crippen LogP contribution in [0.1, 0.15) is 32.1 Å². The SMILES string of the molecule is ClC1CCC2=C1N=C1N=C(N3CCCCC3)NN1C2. The number of fused-ring (bicyclic) bond motifs is 1. The van der Waals surface area contributed by atoms with E-state index in [9.17, 15) is 0 Å². The van der Waals surface area contributed by atoms with Gasteiger partial charge in [0.2, 0.25) is 11.9 Å². The lowest BCUT2D eigenvalue weighted by molar-refractivity contribution is 0.310. The standard InChI is InChI=1S/C13H18ClN5/c14-10-5-4-9-8-19-12(15-11(9)10)16-13(17-19)18-6-2-1-3-7-18/h10H,1-8H2,(H,15,16,17). The summed E-state index contributed by atoms with van der Waals surface area (Å²) in [5.41, 5.74) is 5.83. The average molecular weight is 280 g/mol. The molecule has 6 heteroatoms. The maximum Gasteiger partial charge on any atom is 0.248 e. The Bertz CT molecular complexity index is 489. The lowest BCUT2D eigenvalue weighted by Gasteiger charge is -2.29. The van der Waals surface area contributed by atoms with E-state index in [1.165, 1.54) is 24.8 Å². The summed E-state index contributed by atoms with van der Waals surface area (Å²) in [5, 5.41) is 2.14. The number of hydrogen-bond acceptors (Lipinski definition) is 5. The van der Waals surface area contributed by atoms with Crippen LogP contribution in [0.15, 0.2) is 21.3 Å². The van der Waals surface area contributed by atoms with Crippen molar-refractivity contribution in [2.45, 2.75) is 37.5 Å². The molecule has 1 fully saturated rings. The number of alkyl halides is 1. The summed E-state index contributed by atoms with van der Waals surface area (Å²) in [6, 6.07) is 0. The monoisotopic (exact) mass is 279 g/mol. The maximum absolute atomic E-state index is 6.30. The Labute approximate surface area is 118 Å². The predicted octanol–water partition coefficient (Wildman–Crippen LogP) is 1.67. The van der Waals surface area contributed by atoms with Crippen molar-refractivity contribution in [3.63, 3.8) is 0 Å². The quantitative estimate of drug-likeness (QED) is 0.686. The van der Waals surface area contributed by atoms with Crippen LogP contribution < -0.4 is 5.43 Å². The highest BCUT2D eigenvalue weighted by Crippen LogP contribution is 2.35. The largest absolute Gasteiger partial charge is 0.341 e. The van der Waals surface area contributed by atoms with Gasteiger partial charge in [0.05, 0.1) is 17.6 Å². The van der Waals surface area contributed by atoms with Crippen LogP contribution in [0.2, 0.25) is 0 Å². The normalized spacial score (nSPS) is 29.8. The van der Waals surface area contributed by atoms with E-state index in [0.717, 1.165) is 50.1 Å². The van der Waals surface area contributed by atoms with Gasteiger partial charge in [-0.2, -0.15) is 4.99 Å². The highest BCUT2D eigenvalue weighted by atomic mass is 35.5. The molecule has 1 atom stereocenters. The molecule has 1 unspecified atom stereocenters. The molecule has 5 nitrogen and oxygen atoms in total. The van der Waals surface area contributed by atoms with Gasteiger partial charge in [0.1, 0.15) is 0 Å². The molecule has 3 aliphatic heterocycles. The zero-order valence-corrected chi connectivity index (χ0v) is 11.7. The number of rotatable bonds is 0. The first-order valence-electron chi connectivity index (χ1n) is 7.14. The first-order valence-corrected chi connectivity index (χ1v) is 7.57. The first kappa shape index (κ1) is 11.6. The molecule has 1 N–H and O–H groups in total. The van der Waals surface area contributed by atoms with Crippen molar-refractivity contribution in [1.82, 2.24) is 15.3 Å². The number of piperidine rings is 1. The van der Waals surface area contributed by atoms with Gasteiger partial charge in [-0.15, -0.1) is 11.6 Å². The molecule has 4 rings (SSSR count). The summed E-state index contributed by atoms with van der Waals surface area (Å²) < 4.78 is 0. The van der Waals surface area contributed by atoms with Crippen molar-refractivity contribution in [1.29, 1.82) is 0 Å². The van der Waals surface area contributed by atoms with Gasteiger partial charge in [-0.05, 0) is 37.7 Å². The summed E-state index contributed by atoms with van der Waals surface area (Å²) >= 11 is 6.30. The number of guanidine groups is 2. The Hall–Kier alpha value is -1.23. The predicted molar refractivity (Wildman–Crippen MR) is 76.0 cm³/mol. The van der Waals surface area contributed by atoms with Gasteiger partial charge in [0, 0.05) is 13.1 Å². The van der Waals surface area contributed by atoms with Crippen molar-refractivity contribution < 1.29 is 0 Å². The number of aliphatic imine (C=N–C) groups is 2.